The number of carbonyl (C=O) groups is 2. The van der Waals surface area contributed by atoms with Crippen molar-refractivity contribution >= 4 is 11.9 Å². The average Bonchev–Trinajstić information content (AvgIpc) is 2.95. The first-order valence-corrected chi connectivity index (χ1v) is 10.0. The lowest BCUT2D eigenvalue weighted by molar-refractivity contribution is -0.146. The van der Waals surface area contributed by atoms with Gasteiger partial charge in [-0.25, -0.2) is 10.3 Å². The van der Waals surface area contributed by atoms with Gasteiger partial charge in [0.25, 0.3) is 5.91 Å². The Balaban J connectivity index is 1.30. The van der Waals surface area contributed by atoms with Crippen LogP contribution in [-0.4, -0.2) is 71.7 Å². The predicted molar refractivity (Wildman–Crippen MR) is 102 cm³/mol. The molecule has 3 aliphatic heterocycles. The Bertz CT molecular complexity index is 701. The molecule has 8 heteroatoms. The van der Waals surface area contributed by atoms with Crippen LogP contribution < -0.4 is 5.48 Å². The number of likely N-dealkylation sites (tertiary alicyclic amines) is 1. The van der Waals surface area contributed by atoms with Gasteiger partial charge in [-0.1, -0.05) is 30.3 Å². The summed E-state index contributed by atoms with van der Waals surface area (Å²) in [4.78, 5) is 40.6. The molecule has 0 saturated carbocycles. The second kappa shape index (κ2) is 8.46. The van der Waals surface area contributed by atoms with E-state index >= 15 is 0 Å². The van der Waals surface area contributed by atoms with Gasteiger partial charge < -0.3 is 9.80 Å². The number of urea groups is 1. The molecule has 0 spiro atoms. The summed E-state index contributed by atoms with van der Waals surface area (Å²) in [6.45, 7) is 2.71. The fourth-order valence-corrected chi connectivity index (χ4v) is 4.21. The Morgan fingerprint density at radius 1 is 1.18 bits per heavy atom. The average molecular weight is 388 g/mol. The van der Waals surface area contributed by atoms with Crippen molar-refractivity contribution in [3.05, 3.63) is 35.9 Å². The molecule has 4 rings (SSSR count). The Kier molecular flexibility index (Phi) is 5.79. The predicted octanol–water partition coefficient (Wildman–Crippen LogP) is 1.53. The molecule has 28 heavy (non-hydrogen) atoms. The van der Waals surface area contributed by atoms with Gasteiger partial charge in [0.05, 0.1) is 12.1 Å². The second-order valence-corrected chi connectivity index (χ2v) is 7.88. The van der Waals surface area contributed by atoms with Gasteiger partial charge in [0.1, 0.15) is 12.6 Å². The number of piperidine rings is 2. The zero-order valence-corrected chi connectivity index (χ0v) is 16.3. The molecule has 0 aromatic heterocycles. The Morgan fingerprint density at radius 3 is 2.79 bits per heavy atom. The number of carbonyl (C=O) groups excluding carboxylic acids is 2. The fourth-order valence-electron chi connectivity index (χ4n) is 4.21. The number of hydroxylamine groups is 3. The van der Waals surface area contributed by atoms with Gasteiger partial charge in [-0.3, -0.25) is 14.5 Å². The first-order valence-electron chi connectivity index (χ1n) is 10.0. The van der Waals surface area contributed by atoms with Crippen molar-refractivity contribution in [3.63, 3.8) is 0 Å². The monoisotopic (exact) mass is 388 g/mol. The third kappa shape index (κ3) is 4.14. The molecule has 3 amide bonds. The molecule has 0 unspecified atom stereocenters. The van der Waals surface area contributed by atoms with Crippen LogP contribution >= 0.6 is 0 Å². The highest BCUT2D eigenvalue weighted by Crippen LogP contribution is 2.30. The van der Waals surface area contributed by atoms with Gasteiger partial charge in [0.2, 0.25) is 0 Å². The minimum Gasteiger partial charge on any atom is -0.309 e. The smallest absolute Gasteiger partial charge is 0.309 e. The van der Waals surface area contributed by atoms with Crippen molar-refractivity contribution in [1.82, 2.24) is 20.3 Å². The number of hydrogen-bond acceptors (Lipinski definition) is 5. The Morgan fingerprint density at radius 2 is 2.00 bits per heavy atom. The lowest BCUT2D eigenvalue weighted by Gasteiger charge is -2.31. The third-order valence-electron chi connectivity index (χ3n) is 5.75. The third-order valence-corrected chi connectivity index (χ3v) is 5.75. The van der Waals surface area contributed by atoms with E-state index in [1.54, 1.807) is 4.90 Å². The lowest BCUT2D eigenvalue weighted by Crippen LogP contribution is -2.51. The van der Waals surface area contributed by atoms with Crippen LogP contribution in [0.25, 0.3) is 0 Å². The summed E-state index contributed by atoms with van der Waals surface area (Å²) in [7, 11) is 2.05. The van der Waals surface area contributed by atoms with E-state index < -0.39 is 6.04 Å². The highest BCUT2D eigenvalue weighted by Gasteiger charge is 2.48. The van der Waals surface area contributed by atoms with Crippen LogP contribution in [0.1, 0.15) is 31.2 Å². The summed E-state index contributed by atoms with van der Waals surface area (Å²) in [6, 6.07) is 9.00. The highest BCUT2D eigenvalue weighted by molar-refractivity contribution is 5.88. The summed E-state index contributed by atoms with van der Waals surface area (Å²) in [6.07, 6.45) is 3.34. The van der Waals surface area contributed by atoms with E-state index in [2.05, 4.69) is 10.4 Å². The van der Waals surface area contributed by atoms with Gasteiger partial charge in [0, 0.05) is 13.1 Å². The molecule has 0 radical (unpaired) electrons. The Hall–Kier alpha value is -2.16. The maximum atomic E-state index is 12.8. The number of amides is 3. The fraction of sp³-hybridized carbons (Fsp3) is 0.600. The molecule has 3 fully saturated rings. The van der Waals surface area contributed by atoms with Crippen molar-refractivity contribution < 1.29 is 19.3 Å². The molecule has 3 aliphatic rings. The van der Waals surface area contributed by atoms with E-state index in [1.165, 1.54) is 5.06 Å². The van der Waals surface area contributed by atoms with Crippen LogP contribution in [0.4, 0.5) is 4.79 Å². The Labute approximate surface area is 165 Å². The number of likely N-dealkylation sites (N-methyl/N-ethyl adjacent to an activating group) is 1. The molecule has 1 aromatic carbocycles. The van der Waals surface area contributed by atoms with Crippen LogP contribution in [0.5, 0.6) is 0 Å². The molecule has 3 atom stereocenters. The van der Waals surface area contributed by atoms with E-state index in [1.807, 2.05) is 37.4 Å². The van der Waals surface area contributed by atoms with Crippen molar-refractivity contribution in [1.29, 1.82) is 0 Å². The first-order chi connectivity index (χ1) is 13.6. The van der Waals surface area contributed by atoms with Gasteiger partial charge in [-0.15, -0.1) is 0 Å². The summed E-state index contributed by atoms with van der Waals surface area (Å²) >= 11 is 0. The van der Waals surface area contributed by atoms with Crippen molar-refractivity contribution in [2.75, 3.05) is 26.7 Å². The zero-order chi connectivity index (χ0) is 19.5. The molecular weight excluding hydrogens is 360 g/mol. The van der Waals surface area contributed by atoms with Gasteiger partial charge in [0.15, 0.2) is 0 Å². The minimum atomic E-state index is -0.504. The van der Waals surface area contributed by atoms with Crippen LogP contribution in [0, 0.1) is 0 Å². The topological polar surface area (TPSA) is 74.4 Å². The van der Waals surface area contributed by atoms with Gasteiger partial charge >= 0.3 is 6.03 Å². The van der Waals surface area contributed by atoms with Crippen LogP contribution in [-0.2, 0) is 21.1 Å². The zero-order valence-electron chi connectivity index (χ0n) is 16.3. The van der Waals surface area contributed by atoms with E-state index in [4.69, 9.17) is 9.68 Å². The minimum absolute atomic E-state index is 0.000905. The molecule has 2 bridgehead atoms. The van der Waals surface area contributed by atoms with Crippen LogP contribution in [0.2, 0.25) is 0 Å². The van der Waals surface area contributed by atoms with Crippen molar-refractivity contribution in [2.24, 2.45) is 0 Å². The molecule has 0 aliphatic carbocycles. The molecule has 3 heterocycles. The van der Waals surface area contributed by atoms with E-state index in [-0.39, 0.29) is 24.1 Å². The summed E-state index contributed by atoms with van der Waals surface area (Å²) in [5.41, 5.74) is 3.61. The van der Waals surface area contributed by atoms with E-state index in [0.717, 1.165) is 37.9 Å². The lowest BCUT2D eigenvalue weighted by atomic mass is 10.0. The molecule has 3 saturated heterocycles. The number of nitrogens with one attached hydrogen (secondary N) is 1. The number of nitrogens with zero attached hydrogens (tertiary/aromatic N) is 3. The van der Waals surface area contributed by atoms with Crippen LogP contribution in [0.3, 0.4) is 0 Å². The largest absolute Gasteiger partial charge is 0.345 e. The molecule has 1 aromatic rings. The summed E-state index contributed by atoms with van der Waals surface area (Å²) < 4.78 is 0. The number of rotatable bonds is 6. The van der Waals surface area contributed by atoms with E-state index in [0.29, 0.717) is 19.6 Å². The molecule has 1 N–H and O–H groups in total. The quantitative estimate of drug-likeness (QED) is 0.748. The molecule has 8 nitrogen and oxygen atoms in total. The normalized spacial score (nSPS) is 27.9. The maximum absolute atomic E-state index is 12.8. The molecule has 152 valence electrons. The summed E-state index contributed by atoms with van der Waals surface area (Å²) in [5.74, 6) is -0.245. The number of hydrogen-bond donors (Lipinski definition) is 1. The van der Waals surface area contributed by atoms with Crippen molar-refractivity contribution in [2.45, 2.75) is 50.5 Å². The van der Waals surface area contributed by atoms with E-state index in [9.17, 15) is 9.59 Å². The van der Waals surface area contributed by atoms with Crippen molar-refractivity contribution in [3.8, 4) is 0 Å². The molecular formula is C20H28N4O4. The first kappa shape index (κ1) is 19.2. The van der Waals surface area contributed by atoms with Gasteiger partial charge in [-0.2, -0.15) is 5.06 Å². The highest BCUT2D eigenvalue weighted by atomic mass is 16.7. The SMILES string of the molecule is CN1CCC[C@@H](ONC(=O)[C@@H]2CC[C@@H]3CN2C(=O)N3OCc2ccccc2)C1. The maximum Gasteiger partial charge on any atom is 0.345 e. The van der Waals surface area contributed by atoms with Crippen LogP contribution in [0.15, 0.2) is 30.3 Å². The summed E-state index contributed by atoms with van der Waals surface area (Å²) in [5, 5.41) is 1.44. The van der Waals surface area contributed by atoms with Gasteiger partial charge in [-0.05, 0) is 44.8 Å². The number of fused-ring (bicyclic) bond motifs is 2. The number of benzene rings is 1. The standard InChI is InChI=1S/C20H28N4O4/c1-22-11-5-8-17(13-22)28-21-19(25)18-10-9-16-12-23(18)20(26)24(16)27-14-15-6-3-2-4-7-15/h2-4,6-7,16-18H,5,8-14H2,1H3,(H,21,25)/t16-,17-,18+/m1/s1. The second-order valence-electron chi connectivity index (χ2n) is 7.88.